The number of carbonyl (C=O) groups is 1. The van der Waals surface area contributed by atoms with Crippen LogP contribution in [0.1, 0.15) is 11.1 Å². The number of aromatic nitrogens is 1. The molecule has 174 valence electrons. The minimum absolute atomic E-state index is 0.108. The van der Waals surface area contributed by atoms with Gasteiger partial charge in [0.2, 0.25) is 0 Å². The summed E-state index contributed by atoms with van der Waals surface area (Å²) in [6.07, 6.45) is 2.35. The molecule has 0 radical (unpaired) electrons. The van der Waals surface area contributed by atoms with Gasteiger partial charge in [-0.25, -0.2) is 0 Å². The maximum Gasteiger partial charge on any atom is 0.273 e. The minimum Gasteiger partial charge on any atom is -0.496 e. The van der Waals surface area contributed by atoms with Crippen LogP contribution in [0, 0.1) is 11.3 Å². The Morgan fingerprint density at radius 1 is 1.03 bits per heavy atom. The van der Waals surface area contributed by atoms with Gasteiger partial charge in [0.1, 0.15) is 16.5 Å². The Hall–Kier alpha value is -4.41. The van der Waals surface area contributed by atoms with Crippen molar-refractivity contribution in [2.45, 2.75) is 6.42 Å². The molecule has 0 aliphatic heterocycles. The van der Waals surface area contributed by atoms with Gasteiger partial charge in [-0.2, -0.15) is 5.26 Å². The van der Waals surface area contributed by atoms with Crippen LogP contribution in [0.25, 0.3) is 17.3 Å². The number of thiazole rings is 1. The van der Waals surface area contributed by atoms with Crippen molar-refractivity contribution in [3.8, 4) is 17.5 Å². The first-order valence-electron chi connectivity index (χ1n) is 11.0. The molecule has 0 saturated carbocycles. The molecule has 0 bridgehead atoms. The Morgan fingerprint density at radius 2 is 1.69 bits per heavy atom. The predicted octanol–water partition coefficient (Wildman–Crippen LogP) is 2.77. The average Bonchev–Trinajstić information content (AvgIpc) is 3.21. The molecule has 0 atom stereocenters. The number of hydrogen-bond donors (Lipinski definition) is 1. The number of methoxy groups -OCH3 is 1. The molecule has 1 amide bonds. The molecule has 1 N–H and O–H groups in total. The summed E-state index contributed by atoms with van der Waals surface area (Å²) < 4.78 is 7.49. The van der Waals surface area contributed by atoms with E-state index in [0.29, 0.717) is 28.9 Å². The molecule has 1 aromatic heterocycles. The number of para-hydroxylation sites is 2. The minimum atomic E-state index is -0.516. The third-order valence-electron chi connectivity index (χ3n) is 5.36. The zero-order valence-electron chi connectivity index (χ0n) is 19.1. The largest absolute Gasteiger partial charge is 0.496 e. The molecule has 4 rings (SSSR count). The normalized spacial score (nSPS) is 12.1. The van der Waals surface area contributed by atoms with Gasteiger partial charge in [-0.3, -0.25) is 14.2 Å². The van der Waals surface area contributed by atoms with Crippen molar-refractivity contribution in [2.75, 3.05) is 13.7 Å². The first-order valence-corrected chi connectivity index (χ1v) is 11.8. The van der Waals surface area contributed by atoms with Crippen molar-refractivity contribution in [3.63, 3.8) is 0 Å². The van der Waals surface area contributed by atoms with Crippen molar-refractivity contribution >= 4 is 28.9 Å². The molecular formula is C28H23N3O3S. The van der Waals surface area contributed by atoms with Crippen LogP contribution in [-0.4, -0.2) is 24.1 Å². The lowest BCUT2D eigenvalue weighted by Gasteiger charge is -2.06. The van der Waals surface area contributed by atoms with E-state index in [2.05, 4.69) is 5.32 Å². The van der Waals surface area contributed by atoms with Gasteiger partial charge in [0.15, 0.2) is 5.57 Å². The number of amides is 1. The Labute approximate surface area is 206 Å². The highest BCUT2D eigenvalue weighted by Crippen LogP contribution is 2.17. The number of nitriles is 1. The first-order chi connectivity index (χ1) is 17.1. The lowest BCUT2D eigenvalue weighted by molar-refractivity contribution is -0.115. The second-order valence-electron chi connectivity index (χ2n) is 7.61. The van der Waals surface area contributed by atoms with Gasteiger partial charge in [-0.1, -0.05) is 66.7 Å². The van der Waals surface area contributed by atoms with Crippen molar-refractivity contribution in [3.05, 3.63) is 116 Å². The SMILES string of the molecule is COc1ccccc1/C=c1\s/c(=C(/C#N)C(=O)NCCc2ccccc2)n(-c2ccccc2)c1=O. The summed E-state index contributed by atoms with van der Waals surface area (Å²) in [5.41, 5.74) is 1.96. The Bertz CT molecular complexity index is 1550. The van der Waals surface area contributed by atoms with Crippen LogP contribution in [0.4, 0.5) is 0 Å². The highest BCUT2D eigenvalue weighted by molar-refractivity contribution is 7.07. The maximum atomic E-state index is 13.5. The molecule has 7 heteroatoms. The number of benzene rings is 3. The van der Waals surface area contributed by atoms with Crippen LogP contribution >= 0.6 is 11.3 Å². The zero-order chi connectivity index (χ0) is 24.6. The molecule has 0 fully saturated rings. The molecular weight excluding hydrogens is 458 g/mol. The lowest BCUT2D eigenvalue weighted by Crippen LogP contribution is -2.34. The van der Waals surface area contributed by atoms with Gasteiger partial charge in [-0.15, -0.1) is 11.3 Å². The lowest BCUT2D eigenvalue weighted by atomic mass is 10.1. The quantitative estimate of drug-likeness (QED) is 0.440. The molecule has 0 aliphatic rings. The molecule has 0 spiro atoms. The molecule has 0 aliphatic carbocycles. The van der Waals surface area contributed by atoms with Gasteiger partial charge in [-0.05, 0) is 36.3 Å². The van der Waals surface area contributed by atoms with E-state index < -0.39 is 5.91 Å². The van der Waals surface area contributed by atoms with Crippen molar-refractivity contribution < 1.29 is 9.53 Å². The van der Waals surface area contributed by atoms with Gasteiger partial charge >= 0.3 is 0 Å². The third-order valence-corrected chi connectivity index (χ3v) is 6.45. The number of ether oxygens (including phenoxy) is 1. The number of hydrogen-bond acceptors (Lipinski definition) is 5. The molecule has 1 heterocycles. The number of carbonyl (C=O) groups excluding carboxylic acids is 1. The van der Waals surface area contributed by atoms with Gasteiger partial charge in [0, 0.05) is 12.1 Å². The van der Waals surface area contributed by atoms with E-state index >= 15 is 0 Å². The summed E-state index contributed by atoms with van der Waals surface area (Å²) >= 11 is 1.10. The maximum absolute atomic E-state index is 13.5. The molecule has 0 saturated heterocycles. The van der Waals surface area contributed by atoms with Crippen LogP contribution in [-0.2, 0) is 11.2 Å². The van der Waals surface area contributed by atoms with Crippen LogP contribution in [0.2, 0.25) is 0 Å². The van der Waals surface area contributed by atoms with Crippen LogP contribution < -0.4 is 24.8 Å². The molecule has 35 heavy (non-hydrogen) atoms. The highest BCUT2D eigenvalue weighted by atomic mass is 32.1. The van der Waals surface area contributed by atoms with Crippen molar-refractivity contribution in [1.29, 1.82) is 5.26 Å². The standard InChI is InChI=1S/C28H23N3O3S/c1-34-24-15-9-8-12-21(24)18-25-27(33)31(22-13-6-3-7-14-22)28(35-25)23(19-29)26(32)30-17-16-20-10-4-2-5-11-20/h2-15,18H,16-17H2,1H3,(H,30,32)/b25-18-,28-23-. The fraction of sp³-hybridized carbons (Fsp3) is 0.107. The van der Waals surface area contributed by atoms with Crippen molar-refractivity contribution in [2.24, 2.45) is 0 Å². The van der Waals surface area contributed by atoms with E-state index in [0.717, 1.165) is 22.5 Å². The average molecular weight is 482 g/mol. The summed E-state index contributed by atoms with van der Waals surface area (Å²) in [5, 5.41) is 12.7. The van der Waals surface area contributed by atoms with E-state index in [1.54, 1.807) is 37.5 Å². The zero-order valence-corrected chi connectivity index (χ0v) is 19.9. The van der Waals surface area contributed by atoms with E-state index in [4.69, 9.17) is 4.74 Å². The third kappa shape index (κ3) is 5.40. The second kappa shape index (κ2) is 11.1. The molecule has 4 aromatic rings. The smallest absolute Gasteiger partial charge is 0.273 e. The fourth-order valence-corrected chi connectivity index (χ4v) is 4.73. The number of nitrogens with zero attached hydrogens (tertiary/aromatic N) is 2. The Balaban J connectivity index is 1.82. The van der Waals surface area contributed by atoms with Crippen molar-refractivity contribution in [1.82, 2.24) is 9.88 Å². The number of rotatable bonds is 7. The Morgan fingerprint density at radius 3 is 2.37 bits per heavy atom. The molecule has 0 unspecified atom stereocenters. The second-order valence-corrected chi connectivity index (χ2v) is 8.64. The van der Waals surface area contributed by atoms with E-state index in [1.807, 2.05) is 66.7 Å². The van der Waals surface area contributed by atoms with E-state index in [1.165, 1.54) is 4.57 Å². The fourth-order valence-electron chi connectivity index (χ4n) is 3.64. The van der Waals surface area contributed by atoms with E-state index in [9.17, 15) is 14.9 Å². The van der Waals surface area contributed by atoms with Gasteiger partial charge in [0.05, 0.1) is 17.3 Å². The summed E-state index contributed by atoms with van der Waals surface area (Å²) in [6, 6.07) is 28.1. The highest BCUT2D eigenvalue weighted by Gasteiger charge is 2.17. The molecule has 6 nitrogen and oxygen atoms in total. The topological polar surface area (TPSA) is 84.1 Å². The summed E-state index contributed by atoms with van der Waals surface area (Å²) in [7, 11) is 1.57. The summed E-state index contributed by atoms with van der Waals surface area (Å²) in [6.45, 7) is 0.370. The summed E-state index contributed by atoms with van der Waals surface area (Å²) in [4.78, 5) is 26.5. The monoisotopic (exact) mass is 481 g/mol. The van der Waals surface area contributed by atoms with Crippen LogP contribution in [0.15, 0.2) is 89.7 Å². The Kier molecular flexibility index (Phi) is 7.56. The predicted molar refractivity (Wildman–Crippen MR) is 138 cm³/mol. The van der Waals surface area contributed by atoms with Gasteiger partial charge < -0.3 is 10.1 Å². The number of nitrogens with one attached hydrogen (secondary N) is 1. The first kappa shape index (κ1) is 23.7. The van der Waals surface area contributed by atoms with Gasteiger partial charge in [0.25, 0.3) is 11.5 Å². The molecule has 3 aromatic carbocycles. The van der Waals surface area contributed by atoms with Crippen LogP contribution in [0.3, 0.4) is 0 Å². The van der Waals surface area contributed by atoms with E-state index in [-0.39, 0.29) is 15.8 Å². The van der Waals surface area contributed by atoms with Crippen LogP contribution in [0.5, 0.6) is 5.75 Å². The summed E-state index contributed by atoms with van der Waals surface area (Å²) in [5.74, 6) is 0.106.